The second kappa shape index (κ2) is 6.12. The van der Waals surface area contributed by atoms with Crippen molar-refractivity contribution in [3.05, 3.63) is 45.3 Å². The third kappa shape index (κ3) is 3.51. The van der Waals surface area contributed by atoms with Crippen LogP contribution in [0.25, 0.3) is 10.4 Å². The van der Waals surface area contributed by atoms with Gasteiger partial charge in [-0.05, 0) is 35.9 Å². The summed E-state index contributed by atoms with van der Waals surface area (Å²) in [7, 11) is 0. The summed E-state index contributed by atoms with van der Waals surface area (Å²) < 4.78 is 0. The van der Waals surface area contributed by atoms with Gasteiger partial charge in [0.1, 0.15) is 0 Å². The van der Waals surface area contributed by atoms with Gasteiger partial charge in [-0.15, -0.1) is 17.8 Å². The van der Waals surface area contributed by atoms with Gasteiger partial charge >= 0.3 is 0 Å². The van der Waals surface area contributed by atoms with E-state index in [1.165, 1.54) is 11.3 Å². The number of terminal acetylenes is 1. The Hall–Kier alpha value is -1.47. The monoisotopic (exact) mass is 309 g/mol. The van der Waals surface area contributed by atoms with E-state index in [0.717, 1.165) is 10.4 Å². The maximum Gasteiger partial charge on any atom is 0.262 e. The molecule has 0 saturated heterocycles. The summed E-state index contributed by atoms with van der Waals surface area (Å²) in [6.07, 6.45) is 5.09. The Morgan fingerprint density at radius 2 is 1.95 bits per heavy atom. The Bertz CT molecular complexity index is 637. The zero-order chi connectivity index (χ0) is 13.8. The van der Waals surface area contributed by atoms with Crippen LogP contribution < -0.4 is 5.32 Å². The summed E-state index contributed by atoms with van der Waals surface area (Å²) in [5, 5.41) is 3.75. The lowest BCUT2D eigenvalue weighted by Gasteiger charge is -2.00. The third-order valence-electron chi connectivity index (χ3n) is 2.33. The topological polar surface area (TPSA) is 29.1 Å². The molecule has 0 unspecified atom stereocenters. The number of halogens is 2. The van der Waals surface area contributed by atoms with E-state index in [1.807, 2.05) is 18.2 Å². The molecule has 0 fully saturated rings. The van der Waals surface area contributed by atoms with Gasteiger partial charge in [0.15, 0.2) is 0 Å². The highest BCUT2D eigenvalue weighted by atomic mass is 35.5. The minimum Gasteiger partial charge on any atom is -0.340 e. The normalized spacial score (nSPS) is 9.95. The standard InChI is InChI=1S/C14H9Cl2NOS/c1-2-5-17-14(18)13-4-3-12(19-13)9-6-10(15)8-11(16)7-9/h1,3-4,6-8H,5H2,(H,17,18). The number of carbonyl (C=O) groups excluding carboxylic acids is 1. The molecule has 1 heterocycles. The average Bonchev–Trinajstić information content (AvgIpc) is 2.84. The molecule has 1 amide bonds. The lowest BCUT2D eigenvalue weighted by Crippen LogP contribution is -2.22. The van der Waals surface area contributed by atoms with E-state index < -0.39 is 0 Å². The number of hydrogen-bond donors (Lipinski definition) is 1. The quantitative estimate of drug-likeness (QED) is 0.850. The second-order valence-corrected chi connectivity index (χ2v) is 5.67. The molecule has 0 saturated carbocycles. The van der Waals surface area contributed by atoms with Crippen molar-refractivity contribution in [1.82, 2.24) is 5.32 Å². The number of rotatable bonds is 3. The largest absolute Gasteiger partial charge is 0.340 e. The van der Waals surface area contributed by atoms with Crippen LogP contribution in [0.3, 0.4) is 0 Å². The summed E-state index contributed by atoms with van der Waals surface area (Å²) in [5.41, 5.74) is 0.887. The fourth-order valence-corrected chi connectivity index (χ4v) is 2.97. The van der Waals surface area contributed by atoms with Crippen molar-refractivity contribution in [2.45, 2.75) is 0 Å². The summed E-state index contributed by atoms with van der Waals surface area (Å²) in [6, 6.07) is 8.89. The predicted molar refractivity (Wildman–Crippen MR) is 80.9 cm³/mol. The zero-order valence-corrected chi connectivity index (χ0v) is 12.1. The van der Waals surface area contributed by atoms with E-state index in [1.54, 1.807) is 12.1 Å². The van der Waals surface area contributed by atoms with E-state index in [0.29, 0.717) is 14.9 Å². The van der Waals surface area contributed by atoms with Crippen LogP contribution in [-0.2, 0) is 0 Å². The molecule has 1 N–H and O–H groups in total. The Balaban J connectivity index is 2.26. The van der Waals surface area contributed by atoms with E-state index in [4.69, 9.17) is 29.6 Å². The molecule has 1 aromatic heterocycles. The molecular weight excluding hydrogens is 301 g/mol. The van der Waals surface area contributed by atoms with Crippen molar-refractivity contribution in [2.24, 2.45) is 0 Å². The van der Waals surface area contributed by atoms with Gasteiger partial charge in [0.2, 0.25) is 0 Å². The van der Waals surface area contributed by atoms with Gasteiger partial charge in [0.05, 0.1) is 11.4 Å². The van der Waals surface area contributed by atoms with Gasteiger partial charge < -0.3 is 5.32 Å². The summed E-state index contributed by atoms with van der Waals surface area (Å²) in [5.74, 6) is 2.18. The Labute approximate surface area is 125 Å². The van der Waals surface area contributed by atoms with Gasteiger partial charge in [0, 0.05) is 14.9 Å². The summed E-state index contributed by atoms with van der Waals surface area (Å²) in [6.45, 7) is 0.217. The minimum absolute atomic E-state index is 0.178. The minimum atomic E-state index is -0.178. The fraction of sp³-hybridized carbons (Fsp3) is 0.0714. The van der Waals surface area contributed by atoms with Crippen LogP contribution in [-0.4, -0.2) is 12.5 Å². The van der Waals surface area contributed by atoms with Crippen LogP contribution in [0.4, 0.5) is 0 Å². The highest BCUT2D eigenvalue weighted by Crippen LogP contribution is 2.32. The van der Waals surface area contributed by atoms with Gasteiger partial charge in [-0.2, -0.15) is 0 Å². The zero-order valence-electron chi connectivity index (χ0n) is 9.74. The molecule has 2 aromatic rings. The maximum absolute atomic E-state index is 11.7. The molecule has 0 aliphatic heterocycles. The lowest BCUT2D eigenvalue weighted by molar-refractivity contribution is 0.0963. The first-order chi connectivity index (χ1) is 9.10. The van der Waals surface area contributed by atoms with Gasteiger partial charge in [-0.1, -0.05) is 29.1 Å². The fourth-order valence-electron chi connectivity index (χ4n) is 1.53. The molecule has 19 heavy (non-hydrogen) atoms. The lowest BCUT2D eigenvalue weighted by atomic mass is 10.2. The highest BCUT2D eigenvalue weighted by molar-refractivity contribution is 7.17. The Morgan fingerprint density at radius 1 is 1.26 bits per heavy atom. The molecule has 0 bridgehead atoms. The van der Waals surface area contributed by atoms with Gasteiger partial charge in [-0.25, -0.2) is 0 Å². The van der Waals surface area contributed by atoms with E-state index in [2.05, 4.69) is 11.2 Å². The SMILES string of the molecule is C#CCNC(=O)c1ccc(-c2cc(Cl)cc(Cl)c2)s1. The number of thiophene rings is 1. The number of benzene rings is 1. The highest BCUT2D eigenvalue weighted by Gasteiger charge is 2.10. The van der Waals surface area contributed by atoms with Crippen LogP contribution >= 0.6 is 34.5 Å². The average molecular weight is 310 g/mol. The number of amides is 1. The first kappa shape index (κ1) is 14.0. The van der Waals surface area contributed by atoms with E-state index in [9.17, 15) is 4.79 Å². The van der Waals surface area contributed by atoms with Crippen LogP contribution in [0.1, 0.15) is 9.67 Å². The summed E-state index contributed by atoms with van der Waals surface area (Å²) >= 11 is 13.3. The van der Waals surface area contributed by atoms with Crippen molar-refractivity contribution < 1.29 is 4.79 Å². The van der Waals surface area contributed by atoms with E-state index >= 15 is 0 Å². The first-order valence-electron chi connectivity index (χ1n) is 5.38. The van der Waals surface area contributed by atoms with Crippen molar-refractivity contribution in [1.29, 1.82) is 0 Å². The maximum atomic E-state index is 11.7. The van der Waals surface area contributed by atoms with Crippen LogP contribution in [0.2, 0.25) is 10.0 Å². The van der Waals surface area contributed by atoms with Gasteiger partial charge in [0.25, 0.3) is 5.91 Å². The molecule has 0 radical (unpaired) electrons. The number of hydrogen-bond acceptors (Lipinski definition) is 2. The molecule has 0 atom stereocenters. The summed E-state index contributed by atoms with van der Waals surface area (Å²) in [4.78, 5) is 13.3. The van der Waals surface area contributed by atoms with Crippen LogP contribution in [0.5, 0.6) is 0 Å². The van der Waals surface area contributed by atoms with Crippen molar-refractivity contribution in [3.8, 4) is 22.8 Å². The first-order valence-corrected chi connectivity index (χ1v) is 6.95. The van der Waals surface area contributed by atoms with Crippen LogP contribution in [0.15, 0.2) is 30.3 Å². The molecule has 5 heteroatoms. The van der Waals surface area contributed by atoms with Crippen molar-refractivity contribution in [3.63, 3.8) is 0 Å². The Kier molecular flexibility index (Phi) is 4.49. The molecular formula is C14H9Cl2NOS. The number of nitrogens with one attached hydrogen (secondary N) is 1. The third-order valence-corrected chi connectivity index (χ3v) is 3.90. The number of carbonyl (C=O) groups is 1. The molecule has 0 spiro atoms. The smallest absolute Gasteiger partial charge is 0.262 e. The van der Waals surface area contributed by atoms with Crippen molar-refractivity contribution >= 4 is 40.4 Å². The van der Waals surface area contributed by atoms with Gasteiger partial charge in [-0.3, -0.25) is 4.79 Å². The molecule has 2 nitrogen and oxygen atoms in total. The molecule has 96 valence electrons. The van der Waals surface area contributed by atoms with E-state index in [-0.39, 0.29) is 12.5 Å². The molecule has 0 aliphatic carbocycles. The molecule has 1 aromatic carbocycles. The molecule has 2 rings (SSSR count). The Morgan fingerprint density at radius 3 is 2.58 bits per heavy atom. The van der Waals surface area contributed by atoms with Crippen molar-refractivity contribution in [2.75, 3.05) is 6.54 Å². The predicted octanol–water partition coefficient (Wildman–Crippen LogP) is 4.08. The second-order valence-electron chi connectivity index (χ2n) is 3.71. The molecule has 0 aliphatic rings. The van der Waals surface area contributed by atoms with Crippen LogP contribution in [0, 0.1) is 12.3 Å².